The SMILES string of the molecule is CCCOCCOc1cc(OC)ccc1CNC(C)C. The summed E-state index contributed by atoms with van der Waals surface area (Å²) in [5.74, 6) is 1.67. The lowest BCUT2D eigenvalue weighted by Gasteiger charge is -2.15. The van der Waals surface area contributed by atoms with E-state index in [1.807, 2.05) is 18.2 Å². The highest BCUT2D eigenvalue weighted by Gasteiger charge is 2.06. The molecular formula is C16H27NO3. The maximum Gasteiger partial charge on any atom is 0.127 e. The van der Waals surface area contributed by atoms with Gasteiger partial charge in [-0.2, -0.15) is 0 Å². The molecule has 1 aromatic carbocycles. The normalized spacial score (nSPS) is 10.8. The first kappa shape index (κ1) is 16.8. The molecule has 0 unspecified atom stereocenters. The number of hydrogen-bond acceptors (Lipinski definition) is 4. The van der Waals surface area contributed by atoms with Gasteiger partial charge in [-0.05, 0) is 12.5 Å². The van der Waals surface area contributed by atoms with Crippen LogP contribution in [0.25, 0.3) is 0 Å². The number of ether oxygens (including phenoxy) is 3. The average Bonchev–Trinajstić information content (AvgIpc) is 2.45. The molecule has 114 valence electrons. The van der Waals surface area contributed by atoms with Crippen molar-refractivity contribution >= 4 is 0 Å². The van der Waals surface area contributed by atoms with Gasteiger partial charge in [-0.25, -0.2) is 0 Å². The second kappa shape index (κ2) is 9.61. The molecule has 0 aromatic heterocycles. The van der Waals surface area contributed by atoms with Crippen LogP contribution in [-0.2, 0) is 11.3 Å². The third-order valence-corrected chi connectivity index (χ3v) is 2.81. The molecule has 0 saturated heterocycles. The maximum atomic E-state index is 5.81. The van der Waals surface area contributed by atoms with Crippen LogP contribution in [0.5, 0.6) is 11.5 Å². The van der Waals surface area contributed by atoms with Crippen molar-refractivity contribution in [3.8, 4) is 11.5 Å². The van der Waals surface area contributed by atoms with Crippen LogP contribution in [0, 0.1) is 0 Å². The molecule has 4 heteroatoms. The zero-order valence-corrected chi connectivity index (χ0v) is 13.1. The Morgan fingerprint density at radius 1 is 1.15 bits per heavy atom. The molecule has 0 aliphatic rings. The Balaban J connectivity index is 2.58. The molecule has 0 saturated carbocycles. The molecule has 0 amide bonds. The van der Waals surface area contributed by atoms with E-state index in [-0.39, 0.29) is 0 Å². The molecule has 0 aliphatic heterocycles. The first-order chi connectivity index (χ1) is 9.67. The van der Waals surface area contributed by atoms with E-state index in [1.54, 1.807) is 7.11 Å². The first-order valence-electron chi connectivity index (χ1n) is 7.28. The van der Waals surface area contributed by atoms with Gasteiger partial charge in [0.2, 0.25) is 0 Å². The topological polar surface area (TPSA) is 39.7 Å². The summed E-state index contributed by atoms with van der Waals surface area (Å²) in [7, 11) is 1.66. The molecule has 0 fully saturated rings. The van der Waals surface area contributed by atoms with E-state index in [0.29, 0.717) is 19.3 Å². The zero-order valence-electron chi connectivity index (χ0n) is 13.1. The van der Waals surface area contributed by atoms with Crippen molar-refractivity contribution in [1.82, 2.24) is 5.32 Å². The van der Waals surface area contributed by atoms with E-state index < -0.39 is 0 Å². The first-order valence-corrected chi connectivity index (χ1v) is 7.28. The minimum absolute atomic E-state index is 0.442. The molecule has 0 atom stereocenters. The second-order valence-electron chi connectivity index (χ2n) is 4.97. The summed E-state index contributed by atoms with van der Waals surface area (Å²) in [5, 5.41) is 3.40. The van der Waals surface area contributed by atoms with Crippen molar-refractivity contribution in [1.29, 1.82) is 0 Å². The van der Waals surface area contributed by atoms with E-state index in [1.165, 1.54) is 0 Å². The Morgan fingerprint density at radius 3 is 2.60 bits per heavy atom. The number of hydrogen-bond donors (Lipinski definition) is 1. The van der Waals surface area contributed by atoms with Gasteiger partial charge in [-0.15, -0.1) is 0 Å². The van der Waals surface area contributed by atoms with Crippen molar-refractivity contribution < 1.29 is 14.2 Å². The Kier molecular flexibility index (Phi) is 8.07. The predicted octanol–water partition coefficient (Wildman–Crippen LogP) is 3.00. The van der Waals surface area contributed by atoms with Crippen LogP contribution in [0.1, 0.15) is 32.8 Å². The lowest BCUT2D eigenvalue weighted by atomic mass is 10.2. The zero-order chi connectivity index (χ0) is 14.8. The molecule has 20 heavy (non-hydrogen) atoms. The minimum Gasteiger partial charge on any atom is -0.497 e. The smallest absolute Gasteiger partial charge is 0.127 e. The van der Waals surface area contributed by atoms with Gasteiger partial charge in [0.15, 0.2) is 0 Å². The van der Waals surface area contributed by atoms with E-state index in [9.17, 15) is 0 Å². The Labute approximate surface area is 122 Å². The van der Waals surface area contributed by atoms with E-state index in [0.717, 1.165) is 36.6 Å². The molecule has 0 radical (unpaired) electrons. The predicted molar refractivity (Wildman–Crippen MR) is 81.6 cm³/mol. The molecule has 1 aromatic rings. The average molecular weight is 281 g/mol. The van der Waals surface area contributed by atoms with Gasteiger partial charge >= 0.3 is 0 Å². The highest BCUT2D eigenvalue weighted by Crippen LogP contribution is 2.25. The summed E-state index contributed by atoms with van der Waals surface area (Å²) >= 11 is 0. The third-order valence-electron chi connectivity index (χ3n) is 2.81. The van der Waals surface area contributed by atoms with Crippen LogP contribution >= 0.6 is 0 Å². The number of rotatable bonds is 10. The molecule has 0 aliphatic carbocycles. The van der Waals surface area contributed by atoms with Gasteiger partial charge in [0, 0.05) is 30.8 Å². The third kappa shape index (κ3) is 6.26. The van der Waals surface area contributed by atoms with Crippen LogP contribution in [0.15, 0.2) is 18.2 Å². The Hall–Kier alpha value is -1.26. The van der Waals surface area contributed by atoms with Crippen LogP contribution in [0.2, 0.25) is 0 Å². The molecule has 1 rings (SSSR count). The fraction of sp³-hybridized carbons (Fsp3) is 0.625. The van der Waals surface area contributed by atoms with Crippen molar-refractivity contribution in [2.75, 3.05) is 26.9 Å². The highest BCUT2D eigenvalue weighted by atomic mass is 16.5. The summed E-state index contributed by atoms with van der Waals surface area (Å²) in [5.41, 5.74) is 1.13. The van der Waals surface area contributed by atoms with Crippen LogP contribution in [-0.4, -0.2) is 33.0 Å². The minimum atomic E-state index is 0.442. The number of nitrogens with one attached hydrogen (secondary N) is 1. The molecule has 1 N–H and O–H groups in total. The van der Waals surface area contributed by atoms with E-state index in [2.05, 4.69) is 26.1 Å². The van der Waals surface area contributed by atoms with Crippen LogP contribution in [0.4, 0.5) is 0 Å². The van der Waals surface area contributed by atoms with Crippen molar-refractivity contribution in [3.63, 3.8) is 0 Å². The summed E-state index contributed by atoms with van der Waals surface area (Å²) in [4.78, 5) is 0. The van der Waals surface area contributed by atoms with Gasteiger partial charge in [0.05, 0.1) is 13.7 Å². The van der Waals surface area contributed by atoms with Crippen molar-refractivity contribution in [3.05, 3.63) is 23.8 Å². The van der Waals surface area contributed by atoms with Gasteiger partial charge in [0.1, 0.15) is 18.1 Å². The van der Waals surface area contributed by atoms with Crippen molar-refractivity contribution in [2.24, 2.45) is 0 Å². The lowest BCUT2D eigenvalue weighted by molar-refractivity contribution is 0.100. The van der Waals surface area contributed by atoms with E-state index >= 15 is 0 Å². The molecule has 4 nitrogen and oxygen atoms in total. The van der Waals surface area contributed by atoms with Crippen LogP contribution < -0.4 is 14.8 Å². The summed E-state index contributed by atoms with van der Waals surface area (Å²) in [6.07, 6.45) is 1.03. The van der Waals surface area contributed by atoms with Gasteiger partial charge in [0.25, 0.3) is 0 Å². The molecule has 0 heterocycles. The largest absolute Gasteiger partial charge is 0.497 e. The van der Waals surface area contributed by atoms with E-state index in [4.69, 9.17) is 14.2 Å². The van der Waals surface area contributed by atoms with Crippen LogP contribution in [0.3, 0.4) is 0 Å². The lowest BCUT2D eigenvalue weighted by Crippen LogP contribution is -2.22. The Morgan fingerprint density at radius 2 is 1.95 bits per heavy atom. The van der Waals surface area contributed by atoms with Gasteiger partial charge in [-0.3, -0.25) is 0 Å². The number of methoxy groups -OCH3 is 1. The standard InChI is InChI=1S/C16H27NO3/c1-5-8-19-9-10-20-16-11-15(18-4)7-6-14(16)12-17-13(2)3/h6-7,11,13,17H,5,8-10,12H2,1-4H3. The summed E-state index contributed by atoms with van der Waals surface area (Å²) in [6, 6.07) is 6.36. The fourth-order valence-electron chi connectivity index (χ4n) is 1.71. The van der Waals surface area contributed by atoms with Gasteiger partial charge in [-0.1, -0.05) is 26.8 Å². The second-order valence-corrected chi connectivity index (χ2v) is 4.97. The monoisotopic (exact) mass is 281 g/mol. The van der Waals surface area contributed by atoms with Gasteiger partial charge < -0.3 is 19.5 Å². The molecule has 0 bridgehead atoms. The molecule has 0 spiro atoms. The summed E-state index contributed by atoms with van der Waals surface area (Å²) in [6.45, 7) is 9.09. The molecular weight excluding hydrogens is 254 g/mol. The quantitative estimate of drug-likeness (QED) is 0.669. The number of benzene rings is 1. The highest BCUT2D eigenvalue weighted by molar-refractivity contribution is 5.40. The maximum absolute atomic E-state index is 5.81. The Bertz CT molecular complexity index is 380. The van der Waals surface area contributed by atoms with Crippen molar-refractivity contribution in [2.45, 2.75) is 39.8 Å². The fourth-order valence-corrected chi connectivity index (χ4v) is 1.71. The summed E-state index contributed by atoms with van der Waals surface area (Å²) < 4.78 is 16.5.